The van der Waals surface area contributed by atoms with Crippen LogP contribution in [0.4, 0.5) is 5.69 Å². The van der Waals surface area contributed by atoms with Gasteiger partial charge in [-0.25, -0.2) is 4.99 Å². The Labute approximate surface area is 219 Å². The van der Waals surface area contributed by atoms with E-state index in [0.717, 1.165) is 38.9 Å². The van der Waals surface area contributed by atoms with Gasteiger partial charge in [0.25, 0.3) is 0 Å². The number of carbonyl (C=O) groups is 1. The van der Waals surface area contributed by atoms with Gasteiger partial charge in [0.2, 0.25) is 5.91 Å². The van der Waals surface area contributed by atoms with E-state index in [2.05, 4.69) is 48.2 Å². The van der Waals surface area contributed by atoms with Crippen LogP contribution < -0.4 is 16.4 Å². The zero-order valence-electron chi connectivity index (χ0n) is 22.0. The topological polar surface area (TPSA) is 95.6 Å². The standard InChI is InChI=1S/C30H36N6O/c1-6-25(21(2)3)30(34-20-31)33-19-23-10-7-8-11-26(23)29-27-14-13-24(18-22(27)15-16-32-29)35-28(37)12-9-17-36(4)5/h6-16,18,20-21,33H,1,17,19H2,2-5H3,(H2,31,34)(H,35,37)/b12-9+,30-25-. The number of aliphatic imine (C=N–C) groups is 1. The fourth-order valence-corrected chi connectivity index (χ4v) is 4.01. The number of allylic oxidation sites excluding steroid dienone is 2. The van der Waals surface area contributed by atoms with Crippen LogP contribution in [0.5, 0.6) is 0 Å². The summed E-state index contributed by atoms with van der Waals surface area (Å²) in [6.07, 6.45) is 8.29. The molecule has 3 rings (SSSR count). The molecular formula is C30H36N6O. The van der Waals surface area contributed by atoms with Gasteiger partial charge in [-0.05, 0) is 54.7 Å². The van der Waals surface area contributed by atoms with Gasteiger partial charge in [-0.3, -0.25) is 9.78 Å². The predicted octanol–water partition coefficient (Wildman–Crippen LogP) is 5.09. The van der Waals surface area contributed by atoms with Crippen LogP contribution in [0.3, 0.4) is 0 Å². The van der Waals surface area contributed by atoms with E-state index in [9.17, 15) is 4.79 Å². The lowest BCUT2D eigenvalue weighted by atomic mass is 9.98. The van der Waals surface area contributed by atoms with Crippen molar-refractivity contribution in [1.29, 1.82) is 0 Å². The summed E-state index contributed by atoms with van der Waals surface area (Å²) < 4.78 is 0. The number of fused-ring (bicyclic) bond motifs is 1. The maximum atomic E-state index is 12.3. The van der Waals surface area contributed by atoms with Crippen molar-refractivity contribution in [2.75, 3.05) is 26.0 Å². The highest BCUT2D eigenvalue weighted by molar-refractivity contribution is 6.02. The average molecular weight is 497 g/mol. The van der Waals surface area contributed by atoms with E-state index < -0.39 is 0 Å². The molecule has 0 atom stereocenters. The van der Waals surface area contributed by atoms with Gasteiger partial charge in [0.1, 0.15) is 5.82 Å². The third-order valence-electron chi connectivity index (χ3n) is 5.81. The second-order valence-electron chi connectivity index (χ2n) is 9.20. The predicted molar refractivity (Wildman–Crippen MR) is 155 cm³/mol. The smallest absolute Gasteiger partial charge is 0.248 e. The van der Waals surface area contributed by atoms with Crippen molar-refractivity contribution in [3.63, 3.8) is 0 Å². The van der Waals surface area contributed by atoms with Crippen molar-refractivity contribution in [3.8, 4) is 11.3 Å². The fourth-order valence-electron chi connectivity index (χ4n) is 4.01. The molecule has 0 spiro atoms. The normalized spacial score (nSPS) is 12.5. The number of rotatable bonds is 11. The van der Waals surface area contributed by atoms with E-state index in [0.29, 0.717) is 18.9 Å². The maximum Gasteiger partial charge on any atom is 0.248 e. The summed E-state index contributed by atoms with van der Waals surface area (Å²) in [4.78, 5) is 23.3. The Bertz CT molecular complexity index is 1340. The SMILES string of the molecule is C=C/C(=C(/N=C/N)NCc1ccccc1-c1nccc2cc(NC(=O)/C=C/CN(C)C)ccc12)C(C)C. The van der Waals surface area contributed by atoms with E-state index in [-0.39, 0.29) is 11.8 Å². The van der Waals surface area contributed by atoms with Crippen LogP contribution in [-0.2, 0) is 11.3 Å². The van der Waals surface area contributed by atoms with Crippen LogP contribution in [-0.4, -0.2) is 42.8 Å². The van der Waals surface area contributed by atoms with Crippen LogP contribution in [0, 0.1) is 5.92 Å². The van der Waals surface area contributed by atoms with Crippen molar-refractivity contribution >= 4 is 28.7 Å². The molecule has 0 aliphatic heterocycles. The van der Waals surface area contributed by atoms with Gasteiger partial charge < -0.3 is 21.3 Å². The monoisotopic (exact) mass is 496 g/mol. The third kappa shape index (κ3) is 7.38. The van der Waals surface area contributed by atoms with E-state index in [1.165, 1.54) is 6.34 Å². The molecule has 0 saturated carbocycles. The summed E-state index contributed by atoms with van der Waals surface area (Å²) in [7, 11) is 3.92. The number of pyridine rings is 1. The maximum absolute atomic E-state index is 12.3. The molecule has 192 valence electrons. The van der Waals surface area contributed by atoms with Gasteiger partial charge in [0, 0.05) is 42.0 Å². The Morgan fingerprint density at radius 2 is 1.97 bits per heavy atom. The second kappa shape index (κ2) is 13.2. The highest BCUT2D eigenvalue weighted by atomic mass is 16.1. The molecule has 7 heteroatoms. The average Bonchev–Trinajstić information content (AvgIpc) is 2.87. The molecule has 3 aromatic rings. The number of carbonyl (C=O) groups excluding carboxylic acids is 1. The highest BCUT2D eigenvalue weighted by Crippen LogP contribution is 2.31. The van der Waals surface area contributed by atoms with Crippen molar-refractivity contribution in [2.45, 2.75) is 20.4 Å². The number of hydrogen-bond acceptors (Lipinski definition) is 5. The second-order valence-corrected chi connectivity index (χ2v) is 9.20. The molecule has 37 heavy (non-hydrogen) atoms. The van der Waals surface area contributed by atoms with Crippen LogP contribution in [0.15, 0.2) is 95.9 Å². The molecule has 0 saturated heterocycles. The molecule has 2 aromatic carbocycles. The van der Waals surface area contributed by atoms with Crippen molar-refractivity contribution in [1.82, 2.24) is 15.2 Å². The molecule has 4 N–H and O–H groups in total. The first-order valence-corrected chi connectivity index (χ1v) is 12.3. The molecule has 7 nitrogen and oxygen atoms in total. The van der Waals surface area contributed by atoms with E-state index in [4.69, 9.17) is 10.7 Å². The van der Waals surface area contributed by atoms with Gasteiger partial charge in [0.05, 0.1) is 12.0 Å². The third-order valence-corrected chi connectivity index (χ3v) is 5.81. The molecule has 0 bridgehead atoms. The number of benzene rings is 2. The van der Waals surface area contributed by atoms with Gasteiger partial charge in [-0.2, -0.15) is 0 Å². The largest absolute Gasteiger partial charge is 0.390 e. The van der Waals surface area contributed by atoms with Crippen LogP contribution in [0.25, 0.3) is 22.0 Å². The number of nitrogens with zero attached hydrogens (tertiary/aromatic N) is 3. The zero-order valence-corrected chi connectivity index (χ0v) is 22.0. The minimum Gasteiger partial charge on any atom is -0.390 e. The molecule has 1 heterocycles. The molecule has 0 aliphatic carbocycles. The summed E-state index contributed by atoms with van der Waals surface area (Å²) >= 11 is 0. The summed E-state index contributed by atoms with van der Waals surface area (Å²) in [6.45, 7) is 9.36. The van der Waals surface area contributed by atoms with E-state index in [1.807, 2.05) is 67.5 Å². The van der Waals surface area contributed by atoms with Crippen LogP contribution in [0.2, 0.25) is 0 Å². The number of nitrogens with one attached hydrogen (secondary N) is 2. The molecule has 1 aromatic heterocycles. The Kier molecular flexibility index (Phi) is 9.75. The minimum absolute atomic E-state index is 0.156. The summed E-state index contributed by atoms with van der Waals surface area (Å²) in [5.74, 6) is 0.793. The Hall–Kier alpha value is -4.23. The van der Waals surface area contributed by atoms with Crippen molar-refractivity contribution < 1.29 is 4.79 Å². The first-order chi connectivity index (χ1) is 17.8. The number of hydrogen-bond donors (Lipinski definition) is 3. The summed E-state index contributed by atoms with van der Waals surface area (Å²) in [6, 6.07) is 16.0. The number of nitrogens with two attached hydrogens (primary N) is 1. The Balaban J connectivity index is 1.90. The van der Waals surface area contributed by atoms with Gasteiger partial charge >= 0.3 is 0 Å². The molecule has 0 aliphatic rings. The first-order valence-electron chi connectivity index (χ1n) is 12.3. The van der Waals surface area contributed by atoms with Crippen LogP contribution in [0.1, 0.15) is 19.4 Å². The fraction of sp³-hybridized carbons (Fsp3) is 0.233. The quantitative estimate of drug-likeness (QED) is 0.149. The summed E-state index contributed by atoms with van der Waals surface area (Å²) in [5.41, 5.74) is 10.3. The highest BCUT2D eigenvalue weighted by Gasteiger charge is 2.13. The Morgan fingerprint density at radius 3 is 2.68 bits per heavy atom. The van der Waals surface area contributed by atoms with Crippen molar-refractivity contribution in [2.24, 2.45) is 16.6 Å². The number of likely N-dealkylation sites (N-methyl/N-ethyl adjacent to an activating group) is 1. The lowest BCUT2D eigenvalue weighted by Crippen LogP contribution is -2.16. The van der Waals surface area contributed by atoms with Gasteiger partial charge in [0.15, 0.2) is 0 Å². The Morgan fingerprint density at radius 1 is 1.19 bits per heavy atom. The number of aromatic nitrogens is 1. The lowest BCUT2D eigenvalue weighted by molar-refractivity contribution is -0.111. The van der Waals surface area contributed by atoms with Crippen molar-refractivity contribution in [3.05, 3.63) is 96.5 Å². The lowest BCUT2D eigenvalue weighted by Gasteiger charge is -2.16. The van der Waals surface area contributed by atoms with E-state index >= 15 is 0 Å². The first kappa shape index (κ1) is 27.4. The molecular weight excluding hydrogens is 460 g/mol. The molecule has 0 fully saturated rings. The summed E-state index contributed by atoms with van der Waals surface area (Å²) in [5, 5.41) is 8.36. The molecule has 1 amide bonds. The molecule has 0 radical (unpaired) electrons. The van der Waals surface area contributed by atoms with Gasteiger partial charge in [-0.15, -0.1) is 0 Å². The molecule has 0 unspecified atom stereocenters. The number of amides is 1. The van der Waals surface area contributed by atoms with Crippen LogP contribution >= 0.6 is 0 Å². The van der Waals surface area contributed by atoms with E-state index in [1.54, 1.807) is 12.3 Å². The minimum atomic E-state index is -0.156. The zero-order chi connectivity index (χ0) is 26.8. The number of anilines is 1. The van der Waals surface area contributed by atoms with Gasteiger partial charge in [-0.1, -0.05) is 62.9 Å².